The fourth-order valence-electron chi connectivity index (χ4n) is 1.92. The number of nitrogen functional groups attached to an aromatic ring is 1. The van der Waals surface area contributed by atoms with Crippen LogP contribution in [0.4, 0.5) is 10.2 Å². The van der Waals surface area contributed by atoms with E-state index in [1.165, 1.54) is 12.1 Å². The molecule has 1 aromatic heterocycles. The zero-order valence-electron chi connectivity index (χ0n) is 11.3. The van der Waals surface area contributed by atoms with Crippen molar-refractivity contribution in [2.45, 2.75) is 12.4 Å². The molecule has 0 bridgehead atoms. The number of hydrogen-bond donors (Lipinski definition) is 1. The van der Waals surface area contributed by atoms with Gasteiger partial charge in [0.25, 0.3) is 0 Å². The second-order valence-corrected chi connectivity index (χ2v) is 6.57. The first-order chi connectivity index (χ1) is 9.72. The van der Waals surface area contributed by atoms with E-state index in [0.29, 0.717) is 20.8 Å². The van der Waals surface area contributed by atoms with Crippen molar-refractivity contribution in [1.29, 1.82) is 0 Å². The highest BCUT2D eigenvalue weighted by atomic mass is 79.9. The van der Waals surface area contributed by atoms with E-state index >= 15 is 0 Å². The summed E-state index contributed by atoms with van der Waals surface area (Å²) in [5.74, 6) is 0.00812. The minimum absolute atomic E-state index is 0.0750. The third-order valence-corrected chi connectivity index (χ3v) is 3.98. The van der Waals surface area contributed by atoms with Crippen LogP contribution in [0.25, 0.3) is 0 Å². The summed E-state index contributed by atoms with van der Waals surface area (Å²) >= 11 is 15.5. The van der Waals surface area contributed by atoms with Gasteiger partial charge in [0.05, 0.1) is 10.5 Å². The number of nitrogens with two attached hydrogens (primary N) is 1. The molecule has 0 fully saturated rings. The van der Waals surface area contributed by atoms with E-state index in [-0.39, 0.29) is 10.8 Å². The Balaban J connectivity index is 2.48. The van der Waals surface area contributed by atoms with Crippen molar-refractivity contribution in [2.24, 2.45) is 0 Å². The average Bonchev–Trinajstić information content (AvgIpc) is 2.38. The molecule has 2 N–H and O–H groups in total. The van der Waals surface area contributed by atoms with Crippen LogP contribution < -0.4 is 10.5 Å². The molecule has 8 heteroatoms. The van der Waals surface area contributed by atoms with Gasteiger partial charge in [-0.3, -0.25) is 0 Å². The summed E-state index contributed by atoms with van der Waals surface area (Å²) in [7, 11) is 1.72. The summed E-state index contributed by atoms with van der Waals surface area (Å²) in [5.41, 5.74) is 5.14. The lowest BCUT2D eigenvalue weighted by atomic mass is 9.77. The molecule has 0 spiro atoms. The zero-order chi connectivity index (χ0) is 15.8. The normalized spacial score (nSPS) is 13.8. The van der Waals surface area contributed by atoms with Crippen molar-refractivity contribution in [3.63, 3.8) is 0 Å². The van der Waals surface area contributed by atoms with Crippen LogP contribution in [-0.4, -0.2) is 12.8 Å². The fourth-order valence-corrected chi connectivity index (χ4v) is 3.05. The summed E-state index contributed by atoms with van der Waals surface area (Å²) in [5, 5.41) is 0.238. The van der Waals surface area contributed by atoms with Gasteiger partial charge in [0, 0.05) is 21.3 Å². The van der Waals surface area contributed by atoms with E-state index in [1.807, 2.05) is 0 Å². The van der Waals surface area contributed by atoms with Gasteiger partial charge in [0.1, 0.15) is 5.82 Å². The largest absolute Gasteiger partial charge is 0.488 e. The first kappa shape index (κ1) is 16.4. The first-order valence-corrected chi connectivity index (χ1v) is 7.51. The minimum Gasteiger partial charge on any atom is -0.488 e. The van der Waals surface area contributed by atoms with Gasteiger partial charge in [0.15, 0.2) is 19.4 Å². The van der Waals surface area contributed by atoms with E-state index in [9.17, 15) is 4.39 Å². The number of anilines is 1. The molecule has 21 heavy (non-hydrogen) atoms. The highest BCUT2D eigenvalue weighted by Gasteiger charge is 2.30. The molecular formula is C13H11BBrCl2FN2O. The molecule has 0 amide bonds. The van der Waals surface area contributed by atoms with Crippen LogP contribution in [0.3, 0.4) is 0 Å². The molecule has 0 aliphatic heterocycles. The Hall–Kier alpha value is -0.975. The standard InChI is InChI=1S/C13H11BBrCl2FN2O/c1-13(14,10-7(16)2-3-8(18)11(10)17)21-9-4-6(15)5-20-12(9)19/h2-5H,14H2,1H3,(H2,19,20)/t13-/m1/s1. The van der Waals surface area contributed by atoms with Crippen LogP contribution in [0.15, 0.2) is 28.9 Å². The Kier molecular flexibility index (Phi) is 4.71. The molecule has 0 aliphatic carbocycles. The maximum atomic E-state index is 13.7. The second kappa shape index (κ2) is 6.03. The molecule has 2 aromatic rings. The highest BCUT2D eigenvalue weighted by Crippen LogP contribution is 2.38. The van der Waals surface area contributed by atoms with Gasteiger partial charge in [-0.15, -0.1) is 0 Å². The van der Waals surface area contributed by atoms with Crippen molar-refractivity contribution < 1.29 is 9.13 Å². The van der Waals surface area contributed by atoms with Gasteiger partial charge in [-0.25, -0.2) is 9.37 Å². The molecule has 1 heterocycles. The van der Waals surface area contributed by atoms with Gasteiger partial charge in [-0.1, -0.05) is 23.2 Å². The lowest BCUT2D eigenvalue weighted by Crippen LogP contribution is -2.31. The Bertz CT molecular complexity index is 700. The molecule has 110 valence electrons. The lowest BCUT2D eigenvalue weighted by Gasteiger charge is -2.29. The molecule has 0 unspecified atom stereocenters. The number of nitrogens with zero attached hydrogens (tertiary/aromatic N) is 1. The van der Waals surface area contributed by atoms with Crippen LogP contribution in [0.1, 0.15) is 12.5 Å². The molecule has 3 nitrogen and oxygen atoms in total. The third kappa shape index (κ3) is 3.44. The molecule has 0 aliphatic rings. The number of rotatable bonds is 3. The lowest BCUT2D eigenvalue weighted by molar-refractivity contribution is 0.179. The average molecular weight is 392 g/mol. The van der Waals surface area contributed by atoms with Crippen LogP contribution in [0.2, 0.25) is 10.0 Å². The maximum Gasteiger partial charge on any atom is 0.166 e. The van der Waals surface area contributed by atoms with E-state index in [4.69, 9.17) is 33.7 Å². The predicted octanol–water partition coefficient (Wildman–Crippen LogP) is 3.76. The Morgan fingerprint density at radius 1 is 1.43 bits per heavy atom. The van der Waals surface area contributed by atoms with Gasteiger partial charge >= 0.3 is 0 Å². The number of hydrogen-bond acceptors (Lipinski definition) is 3. The van der Waals surface area contributed by atoms with Crippen molar-refractivity contribution in [2.75, 3.05) is 5.73 Å². The Labute approximate surface area is 141 Å². The minimum atomic E-state index is -0.993. The van der Waals surface area contributed by atoms with Gasteiger partial charge in [-0.05, 0) is 41.1 Å². The zero-order valence-corrected chi connectivity index (χ0v) is 14.4. The number of ether oxygens (including phenoxy) is 1. The van der Waals surface area contributed by atoms with Crippen LogP contribution in [0.5, 0.6) is 5.75 Å². The molecule has 1 aromatic carbocycles. The maximum absolute atomic E-state index is 13.7. The summed E-state index contributed by atoms with van der Waals surface area (Å²) in [6, 6.07) is 4.32. The quantitative estimate of drug-likeness (QED) is 0.640. The van der Waals surface area contributed by atoms with Crippen molar-refractivity contribution in [3.8, 4) is 5.75 Å². The summed E-state index contributed by atoms with van der Waals surface area (Å²) in [6.45, 7) is 1.72. The van der Waals surface area contributed by atoms with Gasteiger partial charge < -0.3 is 10.5 Å². The number of pyridine rings is 1. The summed E-state index contributed by atoms with van der Waals surface area (Å²) in [4.78, 5) is 3.98. The first-order valence-electron chi connectivity index (χ1n) is 5.96. The molecule has 0 saturated carbocycles. The molecule has 2 rings (SSSR count). The summed E-state index contributed by atoms with van der Waals surface area (Å²) in [6.07, 6.45) is 1.55. The number of halogens is 4. The van der Waals surface area contributed by atoms with E-state index in [0.717, 1.165) is 0 Å². The van der Waals surface area contributed by atoms with Gasteiger partial charge in [0.2, 0.25) is 0 Å². The SMILES string of the molecule is B[C@](C)(Oc1cc(Br)cnc1N)c1c(Cl)ccc(F)c1Cl. The third-order valence-electron chi connectivity index (χ3n) is 2.86. The van der Waals surface area contributed by atoms with E-state index in [2.05, 4.69) is 20.9 Å². The Morgan fingerprint density at radius 3 is 2.76 bits per heavy atom. The summed E-state index contributed by atoms with van der Waals surface area (Å²) < 4.78 is 20.3. The smallest absolute Gasteiger partial charge is 0.166 e. The van der Waals surface area contributed by atoms with Crippen LogP contribution >= 0.6 is 39.1 Å². The van der Waals surface area contributed by atoms with Gasteiger partial charge in [-0.2, -0.15) is 0 Å². The highest BCUT2D eigenvalue weighted by molar-refractivity contribution is 9.10. The van der Waals surface area contributed by atoms with Crippen molar-refractivity contribution in [3.05, 3.63) is 50.3 Å². The number of aromatic nitrogens is 1. The topological polar surface area (TPSA) is 48.1 Å². The molecular weight excluding hydrogens is 381 g/mol. The number of benzene rings is 1. The van der Waals surface area contributed by atoms with E-state index < -0.39 is 11.3 Å². The van der Waals surface area contributed by atoms with Crippen LogP contribution in [0, 0.1) is 5.82 Å². The molecule has 0 saturated heterocycles. The van der Waals surface area contributed by atoms with Crippen molar-refractivity contribution >= 4 is 52.8 Å². The fraction of sp³-hybridized carbons (Fsp3) is 0.154. The van der Waals surface area contributed by atoms with E-state index in [1.54, 1.807) is 27.0 Å². The molecule has 0 radical (unpaired) electrons. The molecule has 1 atom stereocenters. The monoisotopic (exact) mass is 390 g/mol. The Morgan fingerprint density at radius 2 is 2.10 bits per heavy atom. The van der Waals surface area contributed by atoms with Crippen LogP contribution in [-0.2, 0) is 5.50 Å². The second-order valence-electron chi connectivity index (χ2n) is 4.87. The predicted molar refractivity (Wildman–Crippen MR) is 89.3 cm³/mol. The van der Waals surface area contributed by atoms with Crippen molar-refractivity contribution in [1.82, 2.24) is 4.98 Å².